The van der Waals surface area contributed by atoms with Gasteiger partial charge in [0.05, 0.1) is 12.7 Å². The number of methoxy groups -OCH3 is 1. The van der Waals surface area contributed by atoms with Crippen molar-refractivity contribution in [2.75, 3.05) is 43.1 Å². The third-order valence-corrected chi connectivity index (χ3v) is 5.56. The number of hydrogen-bond donors (Lipinski definition) is 0. The Morgan fingerprint density at radius 2 is 1.53 bits per heavy atom. The third-order valence-electron chi connectivity index (χ3n) is 5.56. The van der Waals surface area contributed by atoms with Gasteiger partial charge >= 0.3 is 0 Å². The fourth-order valence-electron chi connectivity index (χ4n) is 3.74. The number of hydrogen-bond acceptors (Lipinski definition) is 7. The second kappa shape index (κ2) is 8.66. The predicted molar refractivity (Wildman–Crippen MR) is 120 cm³/mol. The van der Waals surface area contributed by atoms with Gasteiger partial charge in [-0.1, -0.05) is 5.16 Å². The van der Waals surface area contributed by atoms with E-state index in [1.807, 2.05) is 48.5 Å². The average molecular weight is 431 g/mol. The summed E-state index contributed by atoms with van der Waals surface area (Å²) in [7, 11) is 1.63. The van der Waals surface area contributed by atoms with Gasteiger partial charge in [-0.25, -0.2) is 9.37 Å². The van der Waals surface area contributed by atoms with E-state index in [0.29, 0.717) is 11.7 Å². The molecule has 0 spiro atoms. The van der Waals surface area contributed by atoms with Gasteiger partial charge in [-0.15, -0.1) is 0 Å². The maximum absolute atomic E-state index is 13.2. The fourth-order valence-corrected chi connectivity index (χ4v) is 3.74. The van der Waals surface area contributed by atoms with Crippen molar-refractivity contribution in [1.82, 2.24) is 15.1 Å². The highest BCUT2D eigenvalue weighted by atomic mass is 19.1. The molecular formula is C24H22FN5O2. The Morgan fingerprint density at radius 1 is 0.844 bits per heavy atom. The van der Waals surface area contributed by atoms with Gasteiger partial charge in [0, 0.05) is 43.6 Å². The molecule has 3 heterocycles. The van der Waals surface area contributed by atoms with Crippen molar-refractivity contribution in [2.45, 2.75) is 0 Å². The summed E-state index contributed by atoms with van der Waals surface area (Å²) < 4.78 is 23.8. The van der Waals surface area contributed by atoms with E-state index in [2.05, 4.69) is 24.9 Å². The van der Waals surface area contributed by atoms with Crippen LogP contribution in [-0.2, 0) is 0 Å². The molecule has 2 aromatic heterocycles. The number of anilines is 2. The Kier molecular flexibility index (Phi) is 5.41. The Balaban J connectivity index is 1.24. The minimum absolute atomic E-state index is 0.214. The van der Waals surface area contributed by atoms with Crippen molar-refractivity contribution in [1.29, 1.82) is 0 Å². The number of ether oxygens (including phenoxy) is 1. The quantitative estimate of drug-likeness (QED) is 0.467. The zero-order chi connectivity index (χ0) is 21.9. The number of piperazine rings is 1. The molecule has 4 aromatic rings. The molecule has 1 aliphatic rings. The number of benzene rings is 2. The molecule has 0 saturated carbocycles. The lowest BCUT2D eigenvalue weighted by Crippen LogP contribution is -2.46. The van der Waals surface area contributed by atoms with Gasteiger partial charge in [-0.3, -0.25) is 0 Å². The lowest BCUT2D eigenvalue weighted by Gasteiger charge is -2.36. The second-order valence-electron chi connectivity index (χ2n) is 7.51. The SMILES string of the molecule is COc1ccc(-c2noc(-c3ccc(N4CCN(c5ccc(F)cc5)CC4)nc3)n2)cc1. The summed E-state index contributed by atoms with van der Waals surface area (Å²) in [6.45, 7) is 3.38. The van der Waals surface area contributed by atoms with E-state index < -0.39 is 0 Å². The van der Waals surface area contributed by atoms with Crippen LogP contribution in [0, 0.1) is 5.82 Å². The van der Waals surface area contributed by atoms with Gasteiger partial charge in [0.15, 0.2) is 0 Å². The number of pyridine rings is 1. The molecule has 1 saturated heterocycles. The van der Waals surface area contributed by atoms with E-state index >= 15 is 0 Å². The van der Waals surface area contributed by atoms with Gasteiger partial charge in [0.2, 0.25) is 5.82 Å². The van der Waals surface area contributed by atoms with Crippen LogP contribution < -0.4 is 14.5 Å². The Hall–Kier alpha value is -3.94. The van der Waals surface area contributed by atoms with Crippen molar-refractivity contribution >= 4 is 11.5 Å². The van der Waals surface area contributed by atoms with Crippen LogP contribution in [0.1, 0.15) is 0 Å². The first kappa shape index (κ1) is 20.0. The molecule has 1 aliphatic heterocycles. The highest BCUT2D eigenvalue weighted by molar-refractivity contribution is 5.61. The minimum atomic E-state index is -0.214. The average Bonchev–Trinajstić information content (AvgIpc) is 3.35. The Morgan fingerprint density at radius 3 is 2.19 bits per heavy atom. The molecule has 0 amide bonds. The monoisotopic (exact) mass is 431 g/mol. The maximum Gasteiger partial charge on any atom is 0.259 e. The van der Waals surface area contributed by atoms with Gasteiger partial charge in [-0.05, 0) is 60.7 Å². The summed E-state index contributed by atoms with van der Waals surface area (Å²) in [5.74, 6) is 2.41. The topological polar surface area (TPSA) is 67.5 Å². The molecule has 7 nitrogen and oxygen atoms in total. The second-order valence-corrected chi connectivity index (χ2v) is 7.51. The standard InChI is InChI=1S/C24H22FN5O2/c1-31-21-9-2-17(3-10-21)23-27-24(32-28-23)18-4-11-22(26-16-18)30-14-12-29(13-15-30)20-7-5-19(25)6-8-20/h2-11,16H,12-15H2,1H3. The molecule has 0 bridgehead atoms. The first-order valence-electron chi connectivity index (χ1n) is 10.4. The van der Waals surface area contributed by atoms with Gasteiger partial charge in [-0.2, -0.15) is 4.98 Å². The Labute approximate surface area is 185 Å². The molecule has 0 radical (unpaired) electrons. The van der Waals surface area contributed by atoms with E-state index in [4.69, 9.17) is 9.26 Å². The molecule has 32 heavy (non-hydrogen) atoms. The highest BCUT2D eigenvalue weighted by Gasteiger charge is 2.19. The van der Waals surface area contributed by atoms with Crippen molar-refractivity contribution in [3.63, 3.8) is 0 Å². The third kappa shape index (κ3) is 4.12. The van der Waals surface area contributed by atoms with Gasteiger partial charge in [0.25, 0.3) is 5.89 Å². The number of halogens is 1. The van der Waals surface area contributed by atoms with Crippen LogP contribution in [0.5, 0.6) is 5.75 Å². The summed E-state index contributed by atoms with van der Waals surface area (Å²) in [6, 6.07) is 18.1. The van der Waals surface area contributed by atoms with Crippen molar-refractivity contribution in [3.8, 4) is 28.6 Å². The summed E-state index contributed by atoms with van der Waals surface area (Å²) in [5.41, 5.74) is 2.66. The van der Waals surface area contributed by atoms with Crippen molar-refractivity contribution in [3.05, 3.63) is 72.7 Å². The summed E-state index contributed by atoms with van der Waals surface area (Å²) >= 11 is 0. The van der Waals surface area contributed by atoms with E-state index in [0.717, 1.165) is 54.6 Å². The van der Waals surface area contributed by atoms with Gasteiger partial charge in [0.1, 0.15) is 17.4 Å². The summed E-state index contributed by atoms with van der Waals surface area (Å²) in [5, 5.41) is 4.08. The minimum Gasteiger partial charge on any atom is -0.497 e. The highest BCUT2D eigenvalue weighted by Crippen LogP contribution is 2.25. The largest absolute Gasteiger partial charge is 0.497 e. The van der Waals surface area contributed by atoms with Crippen LogP contribution in [0.4, 0.5) is 15.9 Å². The zero-order valence-corrected chi connectivity index (χ0v) is 17.6. The lowest BCUT2D eigenvalue weighted by molar-refractivity contribution is 0.415. The number of rotatable bonds is 5. The lowest BCUT2D eigenvalue weighted by atomic mass is 10.2. The van der Waals surface area contributed by atoms with Crippen LogP contribution >= 0.6 is 0 Å². The molecule has 0 aliphatic carbocycles. The van der Waals surface area contributed by atoms with E-state index in [1.54, 1.807) is 13.3 Å². The molecule has 0 atom stereocenters. The van der Waals surface area contributed by atoms with E-state index in [-0.39, 0.29) is 5.82 Å². The molecule has 2 aromatic carbocycles. The number of nitrogens with zero attached hydrogens (tertiary/aromatic N) is 5. The normalized spacial score (nSPS) is 13.9. The van der Waals surface area contributed by atoms with Crippen LogP contribution in [0.3, 0.4) is 0 Å². The molecule has 162 valence electrons. The zero-order valence-electron chi connectivity index (χ0n) is 17.6. The molecule has 5 rings (SSSR count). The predicted octanol–water partition coefficient (Wildman–Crippen LogP) is 4.27. The smallest absolute Gasteiger partial charge is 0.259 e. The summed E-state index contributed by atoms with van der Waals surface area (Å²) in [6.07, 6.45) is 1.76. The molecule has 0 N–H and O–H groups in total. The van der Waals surface area contributed by atoms with E-state index in [9.17, 15) is 4.39 Å². The maximum atomic E-state index is 13.2. The first-order chi connectivity index (χ1) is 15.7. The van der Waals surface area contributed by atoms with E-state index in [1.165, 1.54) is 12.1 Å². The summed E-state index contributed by atoms with van der Waals surface area (Å²) in [4.78, 5) is 13.6. The van der Waals surface area contributed by atoms with Crippen molar-refractivity contribution < 1.29 is 13.7 Å². The van der Waals surface area contributed by atoms with Crippen LogP contribution in [0.15, 0.2) is 71.4 Å². The fraction of sp³-hybridized carbons (Fsp3) is 0.208. The Bertz CT molecular complexity index is 1170. The molecule has 8 heteroatoms. The number of aromatic nitrogens is 3. The molecule has 0 unspecified atom stereocenters. The van der Waals surface area contributed by atoms with Crippen LogP contribution in [-0.4, -0.2) is 48.4 Å². The molecular weight excluding hydrogens is 409 g/mol. The van der Waals surface area contributed by atoms with Crippen LogP contribution in [0.25, 0.3) is 22.8 Å². The first-order valence-corrected chi connectivity index (χ1v) is 10.4. The molecule has 1 fully saturated rings. The van der Waals surface area contributed by atoms with Crippen molar-refractivity contribution in [2.24, 2.45) is 0 Å². The van der Waals surface area contributed by atoms with Gasteiger partial charge < -0.3 is 19.1 Å². The van der Waals surface area contributed by atoms with Crippen LogP contribution in [0.2, 0.25) is 0 Å².